The van der Waals surface area contributed by atoms with E-state index in [1.807, 2.05) is 18.2 Å². The highest BCUT2D eigenvalue weighted by molar-refractivity contribution is 5.29. The quantitative estimate of drug-likeness (QED) is 0.845. The molecule has 3 rings (SSSR count). The maximum absolute atomic E-state index is 10.4. The van der Waals surface area contributed by atoms with Crippen molar-refractivity contribution in [2.24, 2.45) is 0 Å². The third-order valence-corrected chi connectivity index (χ3v) is 4.71. The second kappa shape index (κ2) is 8.43. The van der Waals surface area contributed by atoms with Crippen LogP contribution in [0.25, 0.3) is 0 Å². The second-order valence-corrected chi connectivity index (χ2v) is 6.55. The van der Waals surface area contributed by atoms with Gasteiger partial charge in [0.1, 0.15) is 0 Å². The van der Waals surface area contributed by atoms with Crippen molar-refractivity contribution >= 4 is 0 Å². The Kier molecular flexibility index (Phi) is 6.02. The fraction of sp³-hybridized carbons (Fsp3) is 0.429. The standard InChI is InChI=1S/C21H27NO2/c1-2-21(18-9-4-3-5-10-18)24-16-20(23)15-22-13-12-17-8-6-7-11-19(17)14-22/h3-11,20-21,23H,2,12-16H2,1H3/t20-,21+/m0/s1. The third-order valence-electron chi connectivity index (χ3n) is 4.71. The Morgan fingerprint density at radius 1 is 1.04 bits per heavy atom. The van der Waals surface area contributed by atoms with Crippen molar-refractivity contribution in [2.45, 2.75) is 38.5 Å². The molecule has 1 heterocycles. The Bertz CT molecular complexity index is 629. The van der Waals surface area contributed by atoms with E-state index in [1.54, 1.807) is 0 Å². The second-order valence-electron chi connectivity index (χ2n) is 6.55. The molecule has 0 amide bonds. The number of nitrogens with zero attached hydrogens (tertiary/aromatic N) is 1. The van der Waals surface area contributed by atoms with Crippen LogP contribution in [0.2, 0.25) is 0 Å². The van der Waals surface area contributed by atoms with Gasteiger partial charge in [-0.3, -0.25) is 4.90 Å². The van der Waals surface area contributed by atoms with Gasteiger partial charge in [-0.05, 0) is 29.5 Å². The van der Waals surface area contributed by atoms with Gasteiger partial charge in [0.15, 0.2) is 0 Å². The molecule has 0 fully saturated rings. The first kappa shape index (κ1) is 17.2. The minimum Gasteiger partial charge on any atom is -0.389 e. The van der Waals surface area contributed by atoms with Crippen LogP contribution in [-0.4, -0.2) is 35.8 Å². The molecular formula is C21H27NO2. The molecule has 0 aromatic heterocycles. The lowest BCUT2D eigenvalue weighted by Crippen LogP contribution is -2.38. The number of β-amino-alcohol motifs (C(OH)–C–C–N with tert-alkyl or cyclic N) is 1. The Hall–Kier alpha value is -1.68. The van der Waals surface area contributed by atoms with Gasteiger partial charge in [-0.25, -0.2) is 0 Å². The summed E-state index contributed by atoms with van der Waals surface area (Å²) in [6, 6.07) is 18.8. The molecule has 0 spiro atoms. The van der Waals surface area contributed by atoms with Gasteiger partial charge >= 0.3 is 0 Å². The average molecular weight is 325 g/mol. The summed E-state index contributed by atoms with van der Waals surface area (Å²) in [4.78, 5) is 2.32. The summed E-state index contributed by atoms with van der Waals surface area (Å²) in [5.41, 5.74) is 4.00. The van der Waals surface area contributed by atoms with E-state index in [0.29, 0.717) is 13.2 Å². The first-order chi connectivity index (χ1) is 11.8. The highest BCUT2D eigenvalue weighted by Crippen LogP contribution is 2.22. The van der Waals surface area contributed by atoms with Crippen LogP contribution >= 0.6 is 0 Å². The Balaban J connectivity index is 1.48. The van der Waals surface area contributed by atoms with Crippen LogP contribution in [0.15, 0.2) is 54.6 Å². The SMILES string of the molecule is CC[C@@H](OC[C@@H](O)CN1CCc2ccccc2C1)c1ccccc1. The predicted octanol–water partition coefficient (Wildman–Crippen LogP) is 3.57. The Morgan fingerprint density at radius 2 is 1.75 bits per heavy atom. The topological polar surface area (TPSA) is 32.7 Å². The van der Waals surface area contributed by atoms with Crippen molar-refractivity contribution in [1.29, 1.82) is 0 Å². The van der Waals surface area contributed by atoms with E-state index in [2.05, 4.69) is 48.2 Å². The number of rotatable bonds is 7. The molecule has 1 aliphatic rings. The molecule has 3 nitrogen and oxygen atoms in total. The largest absolute Gasteiger partial charge is 0.389 e. The summed E-state index contributed by atoms with van der Waals surface area (Å²) in [5, 5.41) is 10.4. The highest BCUT2D eigenvalue weighted by atomic mass is 16.5. The van der Waals surface area contributed by atoms with Gasteiger partial charge in [0, 0.05) is 19.6 Å². The number of ether oxygens (including phenoxy) is 1. The van der Waals surface area contributed by atoms with E-state index in [9.17, 15) is 5.11 Å². The third kappa shape index (κ3) is 4.44. The molecule has 0 aliphatic carbocycles. The summed E-state index contributed by atoms with van der Waals surface area (Å²) >= 11 is 0. The van der Waals surface area contributed by atoms with Crippen LogP contribution in [0.1, 0.15) is 36.1 Å². The molecule has 0 unspecified atom stereocenters. The first-order valence-electron chi connectivity index (χ1n) is 8.90. The summed E-state index contributed by atoms with van der Waals surface area (Å²) in [5.74, 6) is 0. The van der Waals surface area contributed by atoms with Gasteiger partial charge in [-0.1, -0.05) is 61.5 Å². The van der Waals surface area contributed by atoms with Gasteiger partial charge < -0.3 is 9.84 Å². The molecule has 0 saturated heterocycles. The number of aliphatic hydroxyl groups excluding tert-OH is 1. The molecule has 2 aromatic rings. The maximum atomic E-state index is 10.4. The zero-order valence-electron chi connectivity index (χ0n) is 14.4. The minimum atomic E-state index is -0.451. The van der Waals surface area contributed by atoms with Crippen LogP contribution in [0.3, 0.4) is 0 Å². The molecule has 2 atom stereocenters. The molecular weight excluding hydrogens is 298 g/mol. The van der Waals surface area contributed by atoms with Gasteiger partial charge in [-0.2, -0.15) is 0 Å². The number of aliphatic hydroxyl groups is 1. The fourth-order valence-electron chi connectivity index (χ4n) is 3.41. The van der Waals surface area contributed by atoms with Crippen LogP contribution in [0, 0.1) is 0 Å². The molecule has 0 bridgehead atoms. The van der Waals surface area contributed by atoms with E-state index in [1.165, 1.54) is 16.7 Å². The van der Waals surface area contributed by atoms with Gasteiger partial charge in [0.05, 0.1) is 18.8 Å². The van der Waals surface area contributed by atoms with Crippen LogP contribution in [0.4, 0.5) is 0 Å². The molecule has 0 saturated carbocycles. The first-order valence-corrected chi connectivity index (χ1v) is 8.90. The Morgan fingerprint density at radius 3 is 2.50 bits per heavy atom. The number of hydrogen-bond acceptors (Lipinski definition) is 3. The number of fused-ring (bicyclic) bond motifs is 1. The van der Waals surface area contributed by atoms with Crippen molar-refractivity contribution < 1.29 is 9.84 Å². The Labute approximate surface area is 144 Å². The monoisotopic (exact) mass is 325 g/mol. The summed E-state index contributed by atoms with van der Waals surface area (Å²) < 4.78 is 5.97. The van der Waals surface area contributed by atoms with Crippen molar-refractivity contribution in [3.8, 4) is 0 Å². The van der Waals surface area contributed by atoms with Gasteiger partial charge in [-0.15, -0.1) is 0 Å². The summed E-state index contributed by atoms with van der Waals surface area (Å²) in [6.07, 6.45) is 1.58. The van der Waals surface area contributed by atoms with Crippen molar-refractivity contribution in [2.75, 3.05) is 19.7 Å². The fourth-order valence-corrected chi connectivity index (χ4v) is 3.41. The van der Waals surface area contributed by atoms with Crippen LogP contribution < -0.4 is 0 Å². The predicted molar refractivity (Wildman–Crippen MR) is 96.9 cm³/mol. The van der Waals surface area contributed by atoms with E-state index in [-0.39, 0.29) is 6.10 Å². The lowest BCUT2D eigenvalue weighted by Gasteiger charge is -2.30. The zero-order chi connectivity index (χ0) is 16.8. The van der Waals surface area contributed by atoms with E-state index in [4.69, 9.17) is 4.74 Å². The zero-order valence-corrected chi connectivity index (χ0v) is 14.4. The highest BCUT2D eigenvalue weighted by Gasteiger charge is 2.19. The molecule has 128 valence electrons. The molecule has 1 N–H and O–H groups in total. The average Bonchev–Trinajstić information content (AvgIpc) is 2.63. The maximum Gasteiger partial charge on any atom is 0.0900 e. The smallest absolute Gasteiger partial charge is 0.0900 e. The normalized spacial score (nSPS) is 17.2. The van der Waals surface area contributed by atoms with Crippen molar-refractivity contribution in [3.05, 3.63) is 71.3 Å². The van der Waals surface area contributed by atoms with Crippen molar-refractivity contribution in [3.63, 3.8) is 0 Å². The van der Waals surface area contributed by atoms with Crippen LogP contribution in [0.5, 0.6) is 0 Å². The lowest BCUT2D eigenvalue weighted by atomic mass is 10.00. The molecule has 3 heteroatoms. The van der Waals surface area contributed by atoms with Gasteiger partial charge in [0.2, 0.25) is 0 Å². The lowest BCUT2D eigenvalue weighted by molar-refractivity contribution is -0.0249. The minimum absolute atomic E-state index is 0.0583. The molecule has 24 heavy (non-hydrogen) atoms. The molecule has 0 radical (unpaired) electrons. The van der Waals surface area contributed by atoms with Crippen LogP contribution in [-0.2, 0) is 17.7 Å². The molecule has 1 aliphatic heterocycles. The van der Waals surface area contributed by atoms with Gasteiger partial charge in [0.25, 0.3) is 0 Å². The molecule has 2 aromatic carbocycles. The van der Waals surface area contributed by atoms with Crippen molar-refractivity contribution in [1.82, 2.24) is 4.90 Å². The summed E-state index contributed by atoms with van der Waals surface area (Å²) in [7, 11) is 0. The number of benzene rings is 2. The van der Waals surface area contributed by atoms with E-state index in [0.717, 1.165) is 25.9 Å². The van der Waals surface area contributed by atoms with E-state index < -0.39 is 6.10 Å². The number of hydrogen-bond donors (Lipinski definition) is 1. The summed E-state index contributed by atoms with van der Waals surface area (Å²) in [6.45, 7) is 5.09. The van der Waals surface area contributed by atoms with E-state index >= 15 is 0 Å².